The van der Waals surface area contributed by atoms with Gasteiger partial charge in [0.2, 0.25) is 0 Å². The van der Waals surface area contributed by atoms with Gasteiger partial charge in [-0.2, -0.15) is 0 Å². The lowest BCUT2D eigenvalue weighted by molar-refractivity contribution is 0.195. The molecule has 0 spiro atoms. The minimum Gasteiger partial charge on any atom is -0.294 e. The van der Waals surface area contributed by atoms with Crippen molar-refractivity contribution in [1.29, 1.82) is 0 Å². The van der Waals surface area contributed by atoms with Gasteiger partial charge in [0.05, 0.1) is 0 Å². The van der Waals surface area contributed by atoms with Gasteiger partial charge in [-0.25, -0.2) is 0 Å². The van der Waals surface area contributed by atoms with E-state index >= 15 is 0 Å². The van der Waals surface area contributed by atoms with Crippen molar-refractivity contribution in [2.75, 3.05) is 7.05 Å². The van der Waals surface area contributed by atoms with Gasteiger partial charge in [-0.1, -0.05) is 12.2 Å². The fourth-order valence-corrected chi connectivity index (χ4v) is 1.91. The predicted molar refractivity (Wildman–Crippen MR) is 38.3 cm³/mol. The molecule has 2 bridgehead atoms. The number of hydrogen-bond acceptors (Lipinski definition) is 1. The second-order valence-corrected chi connectivity index (χ2v) is 3.12. The highest BCUT2D eigenvalue weighted by molar-refractivity contribution is 5.11. The van der Waals surface area contributed by atoms with Crippen LogP contribution in [0.25, 0.3) is 0 Å². The van der Waals surface area contributed by atoms with Gasteiger partial charge in [-0.05, 0) is 26.3 Å². The van der Waals surface area contributed by atoms with Crippen molar-refractivity contribution in [2.45, 2.75) is 31.3 Å². The second-order valence-electron chi connectivity index (χ2n) is 3.12. The molecule has 1 fully saturated rings. The van der Waals surface area contributed by atoms with E-state index in [1.807, 2.05) is 0 Å². The molecule has 0 radical (unpaired) electrons. The summed E-state index contributed by atoms with van der Waals surface area (Å²) in [5.74, 6) is 0. The standard InChI is InChI=1S/C8H13N/c1-9-7-3-2-4-8(9)6-5-7/h5-8H,2-4H2,1H3. The van der Waals surface area contributed by atoms with Crippen molar-refractivity contribution >= 4 is 0 Å². The Labute approximate surface area is 56.4 Å². The van der Waals surface area contributed by atoms with Crippen LogP contribution >= 0.6 is 0 Å². The highest BCUT2D eigenvalue weighted by atomic mass is 15.2. The summed E-state index contributed by atoms with van der Waals surface area (Å²) in [6.45, 7) is 0. The van der Waals surface area contributed by atoms with E-state index in [0.29, 0.717) is 0 Å². The van der Waals surface area contributed by atoms with Gasteiger partial charge in [0.15, 0.2) is 0 Å². The average molecular weight is 123 g/mol. The van der Waals surface area contributed by atoms with Crippen molar-refractivity contribution in [1.82, 2.24) is 4.90 Å². The summed E-state index contributed by atoms with van der Waals surface area (Å²) < 4.78 is 0. The summed E-state index contributed by atoms with van der Waals surface area (Å²) in [6, 6.07) is 1.56. The minimum atomic E-state index is 0.781. The van der Waals surface area contributed by atoms with Crippen molar-refractivity contribution in [3.63, 3.8) is 0 Å². The summed E-state index contributed by atoms with van der Waals surface area (Å²) >= 11 is 0. The van der Waals surface area contributed by atoms with Crippen LogP contribution in [0.2, 0.25) is 0 Å². The molecule has 50 valence electrons. The maximum Gasteiger partial charge on any atom is 0.0281 e. The Morgan fingerprint density at radius 2 is 1.78 bits per heavy atom. The first kappa shape index (κ1) is 5.48. The first-order valence-corrected chi connectivity index (χ1v) is 3.78. The smallest absolute Gasteiger partial charge is 0.0281 e. The molecule has 1 heteroatoms. The molecule has 0 N–H and O–H groups in total. The molecule has 9 heavy (non-hydrogen) atoms. The number of rotatable bonds is 0. The fraction of sp³-hybridized carbons (Fsp3) is 0.750. The number of fused-ring (bicyclic) bond motifs is 2. The minimum absolute atomic E-state index is 0.781. The molecule has 2 aliphatic rings. The van der Waals surface area contributed by atoms with E-state index in [0.717, 1.165) is 12.1 Å². The quantitative estimate of drug-likeness (QED) is 0.440. The Morgan fingerprint density at radius 3 is 2.22 bits per heavy atom. The van der Waals surface area contributed by atoms with Crippen LogP contribution in [0.4, 0.5) is 0 Å². The van der Waals surface area contributed by atoms with Gasteiger partial charge in [-0.15, -0.1) is 0 Å². The molecule has 2 heterocycles. The van der Waals surface area contributed by atoms with Gasteiger partial charge in [0.1, 0.15) is 0 Å². The van der Waals surface area contributed by atoms with Crippen molar-refractivity contribution in [3.8, 4) is 0 Å². The zero-order valence-corrected chi connectivity index (χ0v) is 5.88. The first-order valence-electron chi connectivity index (χ1n) is 3.78. The molecule has 0 aromatic rings. The van der Waals surface area contributed by atoms with Crippen molar-refractivity contribution in [3.05, 3.63) is 12.2 Å². The summed E-state index contributed by atoms with van der Waals surface area (Å²) in [6.07, 6.45) is 8.90. The van der Waals surface area contributed by atoms with Crippen LogP contribution in [-0.4, -0.2) is 24.0 Å². The third kappa shape index (κ3) is 0.715. The molecular weight excluding hydrogens is 110 g/mol. The molecule has 2 atom stereocenters. The molecule has 0 aliphatic carbocycles. The average Bonchev–Trinajstić information content (AvgIpc) is 2.19. The van der Waals surface area contributed by atoms with Gasteiger partial charge in [-0.3, -0.25) is 4.90 Å². The van der Waals surface area contributed by atoms with E-state index in [1.54, 1.807) is 0 Å². The Balaban J connectivity index is 2.18. The Kier molecular flexibility index (Phi) is 1.12. The van der Waals surface area contributed by atoms with Gasteiger partial charge >= 0.3 is 0 Å². The van der Waals surface area contributed by atoms with Crippen molar-refractivity contribution in [2.24, 2.45) is 0 Å². The highest BCUT2D eigenvalue weighted by Gasteiger charge is 2.28. The monoisotopic (exact) mass is 123 g/mol. The van der Waals surface area contributed by atoms with Crippen LogP contribution < -0.4 is 0 Å². The first-order chi connectivity index (χ1) is 4.38. The molecular formula is C8H13N. The largest absolute Gasteiger partial charge is 0.294 e. The van der Waals surface area contributed by atoms with Gasteiger partial charge in [0, 0.05) is 12.1 Å². The van der Waals surface area contributed by atoms with E-state index in [9.17, 15) is 0 Å². The summed E-state index contributed by atoms with van der Waals surface area (Å²) in [5.41, 5.74) is 0. The van der Waals surface area contributed by atoms with Crippen LogP contribution in [-0.2, 0) is 0 Å². The third-order valence-electron chi connectivity index (χ3n) is 2.60. The normalized spacial score (nSPS) is 41.9. The second kappa shape index (κ2) is 1.84. The molecule has 2 aliphatic heterocycles. The van der Waals surface area contributed by atoms with Crippen molar-refractivity contribution < 1.29 is 0 Å². The Bertz CT molecular complexity index is 126. The molecule has 0 aromatic heterocycles. The highest BCUT2D eigenvalue weighted by Crippen LogP contribution is 2.27. The molecule has 0 aromatic carbocycles. The molecule has 2 rings (SSSR count). The third-order valence-corrected chi connectivity index (χ3v) is 2.60. The number of piperidine rings is 1. The van der Waals surface area contributed by atoms with E-state index in [4.69, 9.17) is 0 Å². The lowest BCUT2D eigenvalue weighted by Crippen LogP contribution is -2.36. The molecule has 1 saturated heterocycles. The number of nitrogens with zero attached hydrogens (tertiary/aromatic N) is 1. The zero-order valence-electron chi connectivity index (χ0n) is 5.88. The number of hydrogen-bond donors (Lipinski definition) is 0. The van der Waals surface area contributed by atoms with Crippen LogP contribution in [0.1, 0.15) is 19.3 Å². The Morgan fingerprint density at radius 1 is 1.22 bits per heavy atom. The SMILES string of the molecule is CN1C2C=CC1CCC2. The summed E-state index contributed by atoms with van der Waals surface area (Å²) in [5, 5.41) is 0. The zero-order chi connectivity index (χ0) is 6.27. The molecule has 2 unspecified atom stereocenters. The van der Waals surface area contributed by atoms with E-state index in [-0.39, 0.29) is 0 Å². The Hall–Kier alpha value is -0.300. The molecule has 0 amide bonds. The number of likely N-dealkylation sites (N-methyl/N-ethyl adjacent to an activating group) is 1. The maximum absolute atomic E-state index is 2.48. The fourth-order valence-electron chi connectivity index (χ4n) is 1.91. The molecule has 0 saturated carbocycles. The topological polar surface area (TPSA) is 3.24 Å². The van der Waals surface area contributed by atoms with Crippen LogP contribution in [0.5, 0.6) is 0 Å². The van der Waals surface area contributed by atoms with E-state index in [1.165, 1.54) is 19.3 Å². The van der Waals surface area contributed by atoms with E-state index < -0.39 is 0 Å². The summed E-state index contributed by atoms with van der Waals surface area (Å²) in [7, 11) is 2.23. The van der Waals surface area contributed by atoms with Gasteiger partial charge < -0.3 is 0 Å². The summed E-state index contributed by atoms with van der Waals surface area (Å²) in [4.78, 5) is 2.48. The lowest BCUT2D eigenvalue weighted by Gasteiger charge is -2.30. The van der Waals surface area contributed by atoms with Crippen LogP contribution in [0.3, 0.4) is 0 Å². The van der Waals surface area contributed by atoms with Gasteiger partial charge in [0.25, 0.3) is 0 Å². The molecule has 1 nitrogen and oxygen atoms in total. The van der Waals surface area contributed by atoms with E-state index in [2.05, 4.69) is 24.1 Å². The van der Waals surface area contributed by atoms with Crippen LogP contribution in [0, 0.1) is 0 Å². The predicted octanol–water partition coefficient (Wildman–Crippen LogP) is 1.41. The maximum atomic E-state index is 2.48. The van der Waals surface area contributed by atoms with Crippen LogP contribution in [0.15, 0.2) is 12.2 Å². The lowest BCUT2D eigenvalue weighted by atomic mass is 10.0.